The zero-order chi connectivity index (χ0) is 14.3. The van der Waals surface area contributed by atoms with E-state index in [4.69, 9.17) is 16.3 Å². The first-order valence-corrected chi connectivity index (χ1v) is 7.57. The quantitative estimate of drug-likeness (QED) is 0.711. The summed E-state index contributed by atoms with van der Waals surface area (Å²) in [7, 11) is 0. The zero-order valence-electron chi connectivity index (χ0n) is 11.5. The molecular formula is C14H22ClNO2S. The maximum atomic E-state index is 9.95. The van der Waals surface area contributed by atoms with E-state index in [1.54, 1.807) is 11.3 Å². The van der Waals surface area contributed by atoms with Gasteiger partial charge in [-0.25, -0.2) is 0 Å². The lowest BCUT2D eigenvalue weighted by Gasteiger charge is -2.23. The summed E-state index contributed by atoms with van der Waals surface area (Å²) in [4.78, 5) is 3.31. The lowest BCUT2D eigenvalue weighted by molar-refractivity contribution is -0.00798. The summed E-state index contributed by atoms with van der Waals surface area (Å²) in [6.07, 6.45) is 1.49. The van der Waals surface area contributed by atoms with Crippen molar-refractivity contribution in [3.8, 4) is 0 Å². The van der Waals surface area contributed by atoms with Crippen LogP contribution in [0.5, 0.6) is 0 Å². The molecule has 1 rings (SSSR count). The van der Waals surface area contributed by atoms with Gasteiger partial charge in [0.15, 0.2) is 0 Å². The van der Waals surface area contributed by atoms with Gasteiger partial charge in [0, 0.05) is 24.5 Å². The fourth-order valence-electron chi connectivity index (χ4n) is 1.70. The molecule has 1 unspecified atom stereocenters. The molecule has 1 N–H and O–H groups in total. The second kappa shape index (κ2) is 8.72. The van der Waals surface area contributed by atoms with E-state index in [1.807, 2.05) is 32.1 Å². The number of nitrogens with zero attached hydrogens (tertiary/aromatic N) is 1. The molecule has 0 aromatic carbocycles. The van der Waals surface area contributed by atoms with Crippen molar-refractivity contribution in [1.82, 2.24) is 4.90 Å². The van der Waals surface area contributed by atoms with Crippen LogP contribution >= 0.6 is 22.9 Å². The molecule has 0 bridgehead atoms. The Hall–Kier alpha value is -0.390. The van der Waals surface area contributed by atoms with Crippen molar-refractivity contribution in [2.75, 3.05) is 19.7 Å². The van der Waals surface area contributed by atoms with Gasteiger partial charge >= 0.3 is 0 Å². The Morgan fingerprint density at radius 3 is 2.79 bits per heavy atom. The predicted molar refractivity (Wildman–Crippen MR) is 81.9 cm³/mol. The van der Waals surface area contributed by atoms with Crippen LogP contribution in [-0.2, 0) is 11.3 Å². The highest BCUT2D eigenvalue weighted by Crippen LogP contribution is 2.22. The van der Waals surface area contributed by atoms with Gasteiger partial charge in [-0.15, -0.1) is 17.9 Å². The van der Waals surface area contributed by atoms with E-state index in [-0.39, 0.29) is 6.10 Å². The fraction of sp³-hybridized carbons (Fsp3) is 0.571. The fourth-order valence-corrected chi connectivity index (χ4v) is 2.83. The van der Waals surface area contributed by atoms with E-state index in [0.717, 1.165) is 17.4 Å². The number of hydrogen-bond donors (Lipinski definition) is 1. The minimum absolute atomic E-state index is 0.138. The minimum Gasteiger partial charge on any atom is -0.389 e. The predicted octanol–water partition coefficient (Wildman–Crippen LogP) is 3.18. The molecule has 3 nitrogen and oxygen atoms in total. The molecule has 0 aliphatic rings. The Morgan fingerprint density at radius 1 is 1.53 bits per heavy atom. The maximum absolute atomic E-state index is 9.95. The molecule has 0 radical (unpaired) electrons. The van der Waals surface area contributed by atoms with Gasteiger partial charge in [-0.2, -0.15) is 0 Å². The van der Waals surface area contributed by atoms with Crippen LogP contribution in [0.1, 0.15) is 18.7 Å². The number of aliphatic hydroxyl groups is 1. The summed E-state index contributed by atoms with van der Waals surface area (Å²) < 4.78 is 6.21. The highest BCUT2D eigenvalue weighted by atomic mass is 35.5. The van der Waals surface area contributed by atoms with E-state index >= 15 is 0 Å². The molecule has 1 aromatic rings. The highest BCUT2D eigenvalue weighted by molar-refractivity contribution is 7.16. The van der Waals surface area contributed by atoms with Crippen molar-refractivity contribution in [3.63, 3.8) is 0 Å². The van der Waals surface area contributed by atoms with Crippen LogP contribution in [0.4, 0.5) is 0 Å². The van der Waals surface area contributed by atoms with Gasteiger partial charge in [0.2, 0.25) is 0 Å². The van der Waals surface area contributed by atoms with Gasteiger partial charge in [0.05, 0.1) is 23.2 Å². The van der Waals surface area contributed by atoms with Crippen molar-refractivity contribution in [1.29, 1.82) is 0 Å². The number of aliphatic hydroxyl groups excluding tert-OH is 1. The summed E-state index contributed by atoms with van der Waals surface area (Å²) in [6, 6.07) is 3.91. The van der Waals surface area contributed by atoms with Gasteiger partial charge in [-0.3, -0.25) is 4.90 Å². The van der Waals surface area contributed by atoms with E-state index in [9.17, 15) is 5.11 Å². The molecule has 0 spiro atoms. The number of ether oxygens (including phenoxy) is 1. The molecular weight excluding hydrogens is 282 g/mol. The molecule has 5 heteroatoms. The summed E-state index contributed by atoms with van der Waals surface area (Å²) in [5.41, 5.74) is 0. The van der Waals surface area contributed by atoms with Crippen molar-refractivity contribution in [2.45, 2.75) is 32.6 Å². The van der Waals surface area contributed by atoms with Crippen LogP contribution in [0.15, 0.2) is 24.8 Å². The third kappa shape index (κ3) is 7.09. The molecule has 1 atom stereocenters. The van der Waals surface area contributed by atoms with Crippen LogP contribution in [0.2, 0.25) is 4.34 Å². The number of rotatable bonds is 9. The van der Waals surface area contributed by atoms with Crippen LogP contribution in [0, 0.1) is 0 Å². The molecule has 0 aliphatic carbocycles. The molecule has 1 aromatic heterocycles. The van der Waals surface area contributed by atoms with Crippen LogP contribution < -0.4 is 0 Å². The second-order valence-electron chi connectivity index (χ2n) is 4.72. The first kappa shape index (κ1) is 16.7. The Labute approximate surface area is 124 Å². The Balaban J connectivity index is 2.45. The normalized spacial score (nSPS) is 13.2. The largest absolute Gasteiger partial charge is 0.389 e. The third-order valence-corrected chi connectivity index (χ3v) is 3.70. The van der Waals surface area contributed by atoms with E-state index in [1.165, 1.54) is 4.88 Å². The summed E-state index contributed by atoms with van der Waals surface area (Å²) in [5, 5.41) is 9.95. The average Bonchev–Trinajstić information content (AvgIpc) is 2.72. The van der Waals surface area contributed by atoms with Crippen molar-refractivity contribution < 1.29 is 9.84 Å². The molecule has 0 saturated carbocycles. The summed E-state index contributed by atoms with van der Waals surface area (Å²) >= 11 is 7.49. The lowest BCUT2D eigenvalue weighted by atomic mass is 10.3. The lowest BCUT2D eigenvalue weighted by Crippen LogP contribution is -2.35. The average molecular weight is 304 g/mol. The summed E-state index contributed by atoms with van der Waals surface area (Å²) in [6.45, 7) is 10.1. The van der Waals surface area contributed by atoms with Crippen molar-refractivity contribution >= 4 is 22.9 Å². The van der Waals surface area contributed by atoms with Gasteiger partial charge in [0.1, 0.15) is 0 Å². The van der Waals surface area contributed by atoms with E-state index in [2.05, 4.69) is 11.5 Å². The first-order chi connectivity index (χ1) is 9.01. The Bertz CT molecular complexity index is 381. The number of halogens is 1. The zero-order valence-corrected chi connectivity index (χ0v) is 13.1. The standard InChI is InChI=1S/C14H22ClNO2S/c1-4-7-16(8-12(17)10-18-11(2)3)9-13-5-6-14(15)19-13/h4-6,11-12,17H,1,7-10H2,2-3H3. The van der Waals surface area contributed by atoms with Gasteiger partial charge in [-0.1, -0.05) is 17.7 Å². The molecule has 0 saturated heterocycles. The molecule has 0 fully saturated rings. The maximum Gasteiger partial charge on any atom is 0.0931 e. The van der Waals surface area contributed by atoms with Crippen LogP contribution in [-0.4, -0.2) is 41.9 Å². The van der Waals surface area contributed by atoms with E-state index < -0.39 is 6.10 Å². The molecule has 108 valence electrons. The molecule has 1 heterocycles. The number of hydrogen-bond acceptors (Lipinski definition) is 4. The SMILES string of the molecule is C=CCN(Cc1ccc(Cl)s1)CC(O)COC(C)C. The molecule has 0 aliphatic heterocycles. The number of thiophene rings is 1. The van der Waals surface area contributed by atoms with Crippen LogP contribution in [0.3, 0.4) is 0 Å². The Kier molecular flexibility index (Phi) is 7.64. The molecule has 19 heavy (non-hydrogen) atoms. The Morgan fingerprint density at radius 2 is 2.26 bits per heavy atom. The van der Waals surface area contributed by atoms with Gasteiger partial charge in [0.25, 0.3) is 0 Å². The topological polar surface area (TPSA) is 32.7 Å². The van der Waals surface area contributed by atoms with Crippen molar-refractivity contribution in [3.05, 3.63) is 34.0 Å². The van der Waals surface area contributed by atoms with Crippen LogP contribution in [0.25, 0.3) is 0 Å². The monoisotopic (exact) mass is 303 g/mol. The molecule has 0 amide bonds. The van der Waals surface area contributed by atoms with Crippen molar-refractivity contribution in [2.24, 2.45) is 0 Å². The van der Waals surface area contributed by atoms with E-state index in [0.29, 0.717) is 13.2 Å². The second-order valence-corrected chi connectivity index (χ2v) is 6.52. The third-order valence-electron chi connectivity index (χ3n) is 2.49. The van der Waals surface area contributed by atoms with Gasteiger partial charge in [-0.05, 0) is 26.0 Å². The smallest absolute Gasteiger partial charge is 0.0931 e. The highest BCUT2D eigenvalue weighted by Gasteiger charge is 2.13. The first-order valence-electron chi connectivity index (χ1n) is 6.38. The summed E-state index contributed by atoms with van der Waals surface area (Å²) in [5.74, 6) is 0. The van der Waals surface area contributed by atoms with Gasteiger partial charge < -0.3 is 9.84 Å². The minimum atomic E-state index is -0.488.